The van der Waals surface area contributed by atoms with Crippen LogP contribution in [0.5, 0.6) is 0 Å². The normalized spacial score (nSPS) is 10.1. The van der Waals surface area contributed by atoms with Crippen LogP contribution in [-0.4, -0.2) is 38.6 Å². The first-order valence-corrected chi connectivity index (χ1v) is 6.29. The third-order valence-corrected chi connectivity index (χ3v) is 2.82. The first-order valence-electron chi connectivity index (χ1n) is 6.29. The number of nitrogens with one attached hydrogen (secondary N) is 2. The summed E-state index contributed by atoms with van der Waals surface area (Å²) in [5.41, 5.74) is 1.43. The summed E-state index contributed by atoms with van der Waals surface area (Å²) in [6.07, 6.45) is 3.27. The number of aromatic carboxylic acids is 1. The minimum Gasteiger partial charge on any atom is -0.478 e. The zero-order valence-electron chi connectivity index (χ0n) is 11.4. The first kappa shape index (κ1) is 14.5. The van der Waals surface area contributed by atoms with Gasteiger partial charge in [0.2, 0.25) is 0 Å². The van der Waals surface area contributed by atoms with E-state index in [0.29, 0.717) is 24.3 Å². The van der Waals surface area contributed by atoms with E-state index in [4.69, 9.17) is 5.11 Å². The van der Waals surface area contributed by atoms with Gasteiger partial charge in [-0.25, -0.2) is 9.59 Å². The van der Waals surface area contributed by atoms with Crippen LogP contribution in [-0.2, 0) is 6.54 Å². The van der Waals surface area contributed by atoms with Gasteiger partial charge in [0.1, 0.15) is 0 Å². The summed E-state index contributed by atoms with van der Waals surface area (Å²) in [7, 11) is 0. The van der Waals surface area contributed by atoms with Gasteiger partial charge < -0.3 is 15.7 Å². The molecule has 0 aliphatic carbocycles. The van der Waals surface area contributed by atoms with Crippen LogP contribution in [0.3, 0.4) is 0 Å². The molecule has 0 saturated carbocycles. The second kappa shape index (κ2) is 6.51. The van der Waals surface area contributed by atoms with Gasteiger partial charge in [-0.15, -0.1) is 5.10 Å². The quantitative estimate of drug-likeness (QED) is 0.763. The fourth-order valence-electron chi connectivity index (χ4n) is 1.74. The van der Waals surface area contributed by atoms with Crippen molar-refractivity contribution in [2.24, 2.45) is 0 Å². The molecule has 2 aromatic rings. The molecule has 0 fully saturated rings. The molecular weight excluding hydrogens is 274 g/mol. The number of carbonyl (C=O) groups excluding carboxylic acids is 1. The van der Waals surface area contributed by atoms with Crippen molar-refractivity contribution >= 4 is 17.7 Å². The third-order valence-electron chi connectivity index (χ3n) is 2.82. The predicted molar refractivity (Wildman–Crippen MR) is 75.2 cm³/mol. The molecule has 1 aromatic carbocycles. The van der Waals surface area contributed by atoms with Gasteiger partial charge in [-0.1, -0.05) is 5.21 Å². The summed E-state index contributed by atoms with van der Waals surface area (Å²) >= 11 is 0. The summed E-state index contributed by atoms with van der Waals surface area (Å²) in [5.74, 6) is -0.998. The fourth-order valence-corrected chi connectivity index (χ4v) is 1.74. The smallest absolute Gasteiger partial charge is 0.335 e. The Morgan fingerprint density at radius 2 is 2.19 bits per heavy atom. The molecule has 21 heavy (non-hydrogen) atoms. The highest BCUT2D eigenvalue weighted by Crippen LogP contribution is 2.16. The van der Waals surface area contributed by atoms with Crippen molar-refractivity contribution in [1.29, 1.82) is 0 Å². The number of carboxylic acids is 1. The van der Waals surface area contributed by atoms with Crippen molar-refractivity contribution in [2.45, 2.75) is 13.5 Å². The highest BCUT2D eigenvalue weighted by molar-refractivity contribution is 5.92. The average Bonchev–Trinajstić information content (AvgIpc) is 2.94. The van der Waals surface area contributed by atoms with E-state index in [1.807, 2.05) is 0 Å². The van der Waals surface area contributed by atoms with E-state index in [-0.39, 0.29) is 11.6 Å². The van der Waals surface area contributed by atoms with Crippen molar-refractivity contribution in [1.82, 2.24) is 20.3 Å². The van der Waals surface area contributed by atoms with Crippen molar-refractivity contribution in [3.05, 3.63) is 41.7 Å². The topological polar surface area (TPSA) is 109 Å². The van der Waals surface area contributed by atoms with Crippen LogP contribution < -0.4 is 10.6 Å². The fraction of sp³-hybridized carbons (Fsp3) is 0.231. The number of nitrogens with zero attached hydrogens (tertiary/aromatic N) is 3. The molecule has 8 heteroatoms. The lowest BCUT2D eigenvalue weighted by molar-refractivity contribution is 0.0697. The number of amides is 2. The Morgan fingerprint density at radius 1 is 1.38 bits per heavy atom. The molecule has 0 atom stereocenters. The van der Waals surface area contributed by atoms with E-state index in [1.165, 1.54) is 12.1 Å². The van der Waals surface area contributed by atoms with Crippen molar-refractivity contribution in [3.8, 4) is 0 Å². The molecule has 1 heterocycles. The molecule has 0 bridgehead atoms. The zero-order chi connectivity index (χ0) is 15.2. The molecule has 1 aromatic heterocycles. The van der Waals surface area contributed by atoms with Gasteiger partial charge >= 0.3 is 12.0 Å². The Morgan fingerprint density at radius 3 is 2.81 bits per heavy atom. The Bertz CT molecular complexity index is 639. The van der Waals surface area contributed by atoms with Crippen molar-refractivity contribution in [2.75, 3.05) is 11.9 Å². The lowest BCUT2D eigenvalue weighted by Gasteiger charge is -2.10. The molecular formula is C13H15N5O3. The SMILES string of the molecule is Cc1cc(C(=O)O)ccc1NC(=O)NCCn1ccnn1. The minimum absolute atomic E-state index is 0.185. The van der Waals surface area contributed by atoms with Gasteiger partial charge in [0, 0.05) is 18.4 Å². The largest absolute Gasteiger partial charge is 0.478 e. The van der Waals surface area contributed by atoms with Crippen LogP contribution in [0.2, 0.25) is 0 Å². The lowest BCUT2D eigenvalue weighted by Crippen LogP contribution is -2.31. The van der Waals surface area contributed by atoms with Crippen LogP contribution in [0.25, 0.3) is 0 Å². The molecule has 8 nitrogen and oxygen atoms in total. The van der Waals surface area contributed by atoms with E-state index in [2.05, 4.69) is 20.9 Å². The highest BCUT2D eigenvalue weighted by atomic mass is 16.4. The molecule has 0 unspecified atom stereocenters. The molecule has 3 N–H and O–H groups in total. The number of urea groups is 1. The van der Waals surface area contributed by atoms with Crippen LogP contribution in [0, 0.1) is 6.92 Å². The molecule has 0 spiro atoms. The second-order valence-electron chi connectivity index (χ2n) is 4.38. The number of anilines is 1. The molecule has 0 aliphatic rings. The molecule has 0 radical (unpaired) electrons. The Labute approximate surface area is 120 Å². The van der Waals surface area contributed by atoms with Crippen LogP contribution >= 0.6 is 0 Å². The van der Waals surface area contributed by atoms with Gasteiger partial charge in [0.15, 0.2) is 0 Å². The van der Waals surface area contributed by atoms with E-state index in [9.17, 15) is 9.59 Å². The van der Waals surface area contributed by atoms with Crippen molar-refractivity contribution in [3.63, 3.8) is 0 Å². The second-order valence-corrected chi connectivity index (χ2v) is 4.38. The summed E-state index contributed by atoms with van der Waals surface area (Å²) in [6, 6.07) is 4.16. The number of rotatable bonds is 5. The van der Waals surface area contributed by atoms with E-state index in [0.717, 1.165) is 0 Å². The van der Waals surface area contributed by atoms with Crippen LogP contribution in [0.1, 0.15) is 15.9 Å². The number of carbonyl (C=O) groups is 2. The van der Waals surface area contributed by atoms with Crippen LogP contribution in [0.15, 0.2) is 30.6 Å². The maximum atomic E-state index is 11.7. The van der Waals surface area contributed by atoms with E-state index in [1.54, 1.807) is 30.1 Å². The standard InChI is InChI=1S/C13H15N5O3/c1-9-8-10(12(19)20)2-3-11(9)16-13(21)14-4-6-18-7-5-15-17-18/h2-3,5,7-8H,4,6H2,1H3,(H,19,20)(H2,14,16,21). The number of aryl methyl sites for hydroxylation is 1. The maximum Gasteiger partial charge on any atom is 0.335 e. The van der Waals surface area contributed by atoms with E-state index < -0.39 is 5.97 Å². The first-order chi connectivity index (χ1) is 10.1. The number of carboxylic acid groups (broad SMARTS) is 1. The third kappa shape index (κ3) is 4.03. The summed E-state index contributed by atoms with van der Waals surface area (Å²) in [5, 5.41) is 21.7. The van der Waals surface area contributed by atoms with Gasteiger partial charge in [-0.3, -0.25) is 4.68 Å². The Kier molecular flexibility index (Phi) is 4.50. The maximum absolute atomic E-state index is 11.7. The van der Waals surface area contributed by atoms with Gasteiger partial charge in [0.05, 0.1) is 18.3 Å². The minimum atomic E-state index is -0.998. The number of hydrogen-bond acceptors (Lipinski definition) is 4. The molecule has 2 amide bonds. The number of aromatic nitrogens is 3. The molecule has 0 saturated heterocycles. The van der Waals surface area contributed by atoms with E-state index >= 15 is 0 Å². The molecule has 2 rings (SSSR count). The molecule has 0 aliphatic heterocycles. The van der Waals surface area contributed by atoms with Crippen LogP contribution in [0.4, 0.5) is 10.5 Å². The van der Waals surface area contributed by atoms with Gasteiger partial charge in [-0.05, 0) is 30.7 Å². The zero-order valence-corrected chi connectivity index (χ0v) is 11.4. The van der Waals surface area contributed by atoms with Gasteiger partial charge in [-0.2, -0.15) is 0 Å². The van der Waals surface area contributed by atoms with Gasteiger partial charge in [0.25, 0.3) is 0 Å². The van der Waals surface area contributed by atoms with Crippen molar-refractivity contribution < 1.29 is 14.7 Å². The number of hydrogen-bond donors (Lipinski definition) is 3. The summed E-state index contributed by atoms with van der Waals surface area (Å²) < 4.78 is 1.60. The highest BCUT2D eigenvalue weighted by Gasteiger charge is 2.08. The average molecular weight is 289 g/mol. The number of benzene rings is 1. The summed E-state index contributed by atoms with van der Waals surface area (Å²) in [4.78, 5) is 22.6. The summed E-state index contributed by atoms with van der Waals surface area (Å²) in [6.45, 7) is 2.66. The predicted octanol–water partition coefficient (Wildman–Crippen LogP) is 1.11. The lowest BCUT2D eigenvalue weighted by atomic mass is 10.1. The Hall–Kier alpha value is -2.90. The monoisotopic (exact) mass is 289 g/mol. The Balaban J connectivity index is 1.86. The molecule has 110 valence electrons.